The highest BCUT2D eigenvalue weighted by Crippen LogP contribution is 2.22. The van der Waals surface area contributed by atoms with Crippen molar-refractivity contribution in [2.24, 2.45) is 0 Å². The largest absolute Gasteiger partial charge is 0.573 e. The maximum Gasteiger partial charge on any atom is 0.573 e. The minimum Gasteiger partial charge on any atom is -0.406 e. The van der Waals surface area contributed by atoms with Crippen LogP contribution in [0, 0.1) is 0 Å². The third-order valence-electron chi connectivity index (χ3n) is 2.56. The maximum atomic E-state index is 12.0. The van der Waals surface area contributed by atoms with Gasteiger partial charge in [0.1, 0.15) is 11.4 Å². The summed E-state index contributed by atoms with van der Waals surface area (Å²) < 4.78 is 39.8. The second-order valence-electron chi connectivity index (χ2n) is 4.23. The van der Waals surface area contributed by atoms with E-state index in [0.29, 0.717) is 10.6 Å². The molecule has 0 spiro atoms. The molecule has 1 aromatic carbocycles. The molecule has 0 aliphatic rings. The zero-order chi connectivity index (χ0) is 16.2. The molecule has 0 saturated heterocycles. The van der Waals surface area contributed by atoms with Crippen molar-refractivity contribution in [1.29, 1.82) is 0 Å². The van der Waals surface area contributed by atoms with Crippen LogP contribution >= 0.6 is 11.6 Å². The number of hydrogen-bond donors (Lipinski definition) is 1. The highest BCUT2D eigenvalue weighted by atomic mass is 35.5. The van der Waals surface area contributed by atoms with Gasteiger partial charge in [0.2, 0.25) is 0 Å². The molecule has 0 radical (unpaired) electrons. The van der Waals surface area contributed by atoms with Crippen LogP contribution < -0.4 is 10.1 Å². The molecule has 2 rings (SSSR count). The van der Waals surface area contributed by atoms with Crippen LogP contribution in [0.5, 0.6) is 5.75 Å². The molecule has 0 atom stereocenters. The summed E-state index contributed by atoms with van der Waals surface area (Å²) in [6, 6.07) is 8.15. The first-order valence-electron chi connectivity index (χ1n) is 6.08. The number of halogens is 4. The Balaban J connectivity index is 1.93. The zero-order valence-electron chi connectivity index (χ0n) is 11.0. The van der Waals surface area contributed by atoms with Crippen molar-refractivity contribution >= 4 is 17.5 Å². The van der Waals surface area contributed by atoms with E-state index >= 15 is 0 Å². The number of carbonyl (C=O) groups excluding carboxylic acids is 1. The van der Waals surface area contributed by atoms with Crippen LogP contribution in [0.1, 0.15) is 16.1 Å². The van der Waals surface area contributed by atoms with E-state index in [4.69, 9.17) is 11.6 Å². The maximum absolute atomic E-state index is 12.0. The fraction of sp³-hybridized carbons (Fsp3) is 0.143. The van der Waals surface area contributed by atoms with Gasteiger partial charge in [-0.15, -0.1) is 13.2 Å². The number of aromatic nitrogens is 1. The Kier molecular flexibility index (Phi) is 4.87. The number of rotatable bonds is 4. The Labute approximate surface area is 128 Å². The monoisotopic (exact) mass is 330 g/mol. The van der Waals surface area contributed by atoms with Crippen LogP contribution in [-0.4, -0.2) is 17.3 Å². The summed E-state index contributed by atoms with van der Waals surface area (Å²) in [6.45, 7) is 0.138. The fourth-order valence-electron chi connectivity index (χ4n) is 1.61. The van der Waals surface area contributed by atoms with Crippen LogP contribution in [0.4, 0.5) is 13.2 Å². The van der Waals surface area contributed by atoms with E-state index in [1.165, 1.54) is 42.6 Å². The van der Waals surface area contributed by atoms with Gasteiger partial charge in [-0.05, 0) is 29.8 Å². The number of benzene rings is 1. The number of carbonyl (C=O) groups is 1. The molecule has 0 saturated carbocycles. The third kappa shape index (κ3) is 4.92. The minimum absolute atomic E-state index is 0.138. The van der Waals surface area contributed by atoms with Crippen molar-refractivity contribution in [3.8, 4) is 5.75 Å². The molecule has 0 aliphatic carbocycles. The first kappa shape index (κ1) is 16.1. The molecule has 0 bridgehead atoms. The van der Waals surface area contributed by atoms with E-state index in [0.717, 1.165) is 0 Å². The fourth-order valence-corrected chi connectivity index (χ4v) is 1.77. The number of nitrogens with zero attached hydrogens (tertiary/aromatic N) is 1. The number of hydrogen-bond acceptors (Lipinski definition) is 3. The van der Waals surface area contributed by atoms with Gasteiger partial charge in [-0.2, -0.15) is 0 Å². The molecular weight excluding hydrogens is 321 g/mol. The standard InChI is InChI=1S/C14H10ClF3N2O2/c15-10-5-6-19-12(7-10)13(21)20-8-9-1-3-11(4-2-9)22-14(16,17)18/h1-7H,8H2,(H,20,21). The summed E-state index contributed by atoms with van der Waals surface area (Å²) in [7, 11) is 0. The van der Waals surface area contributed by atoms with E-state index < -0.39 is 12.3 Å². The zero-order valence-corrected chi connectivity index (χ0v) is 11.8. The van der Waals surface area contributed by atoms with E-state index in [-0.39, 0.29) is 18.0 Å². The van der Waals surface area contributed by atoms with E-state index in [9.17, 15) is 18.0 Å². The lowest BCUT2D eigenvalue weighted by molar-refractivity contribution is -0.274. The van der Waals surface area contributed by atoms with Crippen LogP contribution in [0.25, 0.3) is 0 Å². The van der Waals surface area contributed by atoms with Crippen molar-refractivity contribution in [2.75, 3.05) is 0 Å². The van der Waals surface area contributed by atoms with Crippen LogP contribution in [0.15, 0.2) is 42.6 Å². The third-order valence-corrected chi connectivity index (χ3v) is 2.80. The first-order chi connectivity index (χ1) is 10.3. The van der Waals surface area contributed by atoms with Crippen molar-refractivity contribution in [1.82, 2.24) is 10.3 Å². The van der Waals surface area contributed by atoms with Crippen molar-refractivity contribution in [3.05, 3.63) is 58.9 Å². The average Bonchev–Trinajstić information content (AvgIpc) is 2.44. The summed E-state index contributed by atoms with van der Waals surface area (Å²) in [5, 5.41) is 2.97. The van der Waals surface area contributed by atoms with Gasteiger partial charge in [-0.25, -0.2) is 0 Å². The Morgan fingerprint density at radius 1 is 1.23 bits per heavy atom. The molecule has 0 aliphatic heterocycles. The number of pyridine rings is 1. The van der Waals surface area contributed by atoms with Crippen molar-refractivity contribution < 1.29 is 22.7 Å². The summed E-state index contributed by atoms with van der Waals surface area (Å²) in [6.07, 6.45) is -3.32. The van der Waals surface area contributed by atoms with Gasteiger partial charge in [-0.3, -0.25) is 9.78 Å². The van der Waals surface area contributed by atoms with Crippen molar-refractivity contribution in [2.45, 2.75) is 12.9 Å². The molecule has 8 heteroatoms. The summed E-state index contributed by atoms with van der Waals surface area (Å²) in [5.41, 5.74) is 0.773. The summed E-state index contributed by atoms with van der Waals surface area (Å²) >= 11 is 5.75. The van der Waals surface area contributed by atoms with Gasteiger partial charge < -0.3 is 10.1 Å². The van der Waals surface area contributed by atoms with Crippen LogP contribution in [-0.2, 0) is 6.54 Å². The molecule has 1 N–H and O–H groups in total. The van der Waals surface area contributed by atoms with Gasteiger partial charge in [0, 0.05) is 17.8 Å². The lowest BCUT2D eigenvalue weighted by atomic mass is 10.2. The molecule has 22 heavy (non-hydrogen) atoms. The number of ether oxygens (including phenoxy) is 1. The van der Waals surface area contributed by atoms with Crippen LogP contribution in [0.3, 0.4) is 0 Å². The molecule has 1 heterocycles. The predicted molar refractivity (Wildman–Crippen MR) is 73.5 cm³/mol. The summed E-state index contributed by atoms with van der Waals surface area (Å²) in [4.78, 5) is 15.7. The Bertz CT molecular complexity index is 660. The molecule has 1 amide bonds. The van der Waals surface area contributed by atoms with Crippen molar-refractivity contribution in [3.63, 3.8) is 0 Å². The van der Waals surface area contributed by atoms with Gasteiger partial charge in [0.25, 0.3) is 5.91 Å². The minimum atomic E-state index is -4.73. The molecular formula is C14H10ClF3N2O2. The topological polar surface area (TPSA) is 51.2 Å². The molecule has 0 fully saturated rings. The second kappa shape index (κ2) is 6.65. The van der Waals surface area contributed by atoms with Gasteiger partial charge in [0.15, 0.2) is 0 Å². The average molecular weight is 331 g/mol. The predicted octanol–water partition coefficient (Wildman–Crippen LogP) is 3.56. The van der Waals surface area contributed by atoms with Gasteiger partial charge in [-0.1, -0.05) is 23.7 Å². The highest BCUT2D eigenvalue weighted by molar-refractivity contribution is 6.30. The smallest absolute Gasteiger partial charge is 0.406 e. The van der Waals surface area contributed by atoms with E-state index in [1.54, 1.807) is 0 Å². The molecule has 4 nitrogen and oxygen atoms in total. The van der Waals surface area contributed by atoms with Gasteiger partial charge >= 0.3 is 6.36 Å². The van der Waals surface area contributed by atoms with E-state index in [1.807, 2.05) is 0 Å². The SMILES string of the molecule is O=C(NCc1ccc(OC(F)(F)F)cc1)c1cc(Cl)ccn1. The first-order valence-corrected chi connectivity index (χ1v) is 6.46. The lowest BCUT2D eigenvalue weighted by Gasteiger charge is -2.09. The highest BCUT2D eigenvalue weighted by Gasteiger charge is 2.30. The van der Waals surface area contributed by atoms with Crippen LogP contribution in [0.2, 0.25) is 5.02 Å². The quantitative estimate of drug-likeness (QED) is 0.932. The number of amides is 1. The number of alkyl halides is 3. The summed E-state index contributed by atoms with van der Waals surface area (Å²) in [5.74, 6) is -0.753. The molecule has 116 valence electrons. The Morgan fingerprint density at radius 3 is 2.50 bits per heavy atom. The molecule has 2 aromatic rings. The molecule has 0 unspecified atom stereocenters. The normalized spacial score (nSPS) is 11.1. The van der Waals surface area contributed by atoms with E-state index in [2.05, 4.69) is 15.0 Å². The van der Waals surface area contributed by atoms with Gasteiger partial charge in [0.05, 0.1) is 0 Å². The Morgan fingerprint density at radius 2 is 1.91 bits per heavy atom. The lowest BCUT2D eigenvalue weighted by Crippen LogP contribution is -2.23. The Hall–Kier alpha value is -2.28. The second-order valence-corrected chi connectivity index (χ2v) is 4.67. The molecule has 1 aromatic heterocycles. The number of nitrogens with one attached hydrogen (secondary N) is 1.